The number of carboxylic acid groups (broad SMARTS) is 1. The second-order valence-corrected chi connectivity index (χ2v) is 6.83. The molecule has 6 heteroatoms. The van der Waals surface area contributed by atoms with Crippen LogP contribution in [-0.2, 0) is 17.8 Å². The molecule has 1 aliphatic carbocycles. The molecule has 1 aromatic heterocycles. The lowest BCUT2D eigenvalue weighted by molar-refractivity contribution is -0.121. The first-order valence-corrected chi connectivity index (χ1v) is 8.40. The minimum Gasteiger partial charge on any atom is -0.477 e. The molecule has 23 heavy (non-hydrogen) atoms. The van der Waals surface area contributed by atoms with Crippen LogP contribution in [-0.4, -0.2) is 22.0 Å². The summed E-state index contributed by atoms with van der Waals surface area (Å²) in [6.45, 7) is 1.95. The van der Waals surface area contributed by atoms with Gasteiger partial charge in [-0.05, 0) is 36.8 Å². The smallest absolute Gasteiger partial charge is 0.347 e. The van der Waals surface area contributed by atoms with E-state index in [4.69, 9.17) is 5.11 Å². The zero-order valence-electron chi connectivity index (χ0n) is 12.8. The summed E-state index contributed by atoms with van der Waals surface area (Å²) in [5.41, 5.74) is 3.12. The number of rotatable bonds is 5. The summed E-state index contributed by atoms with van der Waals surface area (Å²) in [4.78, 5) is 27.6. The number of carbonyl (C=O) groups is 2. The van der Waals surface area contributed by atoms with Gasteiger partial charge in [0.05, 0.1) is 12.2 Å². The van der Waals surface area contributed by atoms with Gasteiger partial charge < -0.3 is 10.4 Å². The van der Waals surface area contributed by atoms with E-state index < -0.39 is 5.97 Å². The van der Waals surface area contributed by atoms with Crippen LogP contribution in [0.2, 0.25) is 0 Å². The highest BCUT2D eigenvalue weighted by Crippen LogP contribution is 2.35. The van der Waals surface area contributed by atoms with E-state index in [1.54, 1.807) is 6.92 Å². The first-order chi connectivity index (χ1) is 11.0. The highest BCUT2D eigenvalue weighted by atomic mass is 32.1. The monoisotopic (exact) mass is 330 g/mol. The molecule has 0 fully saturated rings. The van der Waals surface area contributed by atoms with E-state index in [9.17, 15) is 9.59 Å². The average Bonchev–Trinajstić information content (AvgIpc) is 3.09. The highest BCUT2D eigenvalue weighted by Gasteiger charge is 2.24. The minimum atomic E-state index is -0.972. The molecule has 1 amide bonds. The Morgan fingerprint density at radius 2 is 2.17 bits per heavy atom. The van der Waals surface area contributed by atoms with E-state index in [0.29, 0.717) is 17.1 Å². The Labute approximate surface area is 138 Å². The Morgan fingerprint density at radius 3 is 2.91 bits per heavy atom. The van der Waals surface area contributed by atoms with E-state index >= 15 is 0 Å². The molecule has 1 heterocycles. The molecule has 1 aromatic carbocycles. The fourth-order valence-corrected chi connectivity index (χ4v) is 3.90. The van der Waals surface area contributed by atoms with Gasteiger partial charge in [-0.25, -0.2) is 9.78 Å². The van der Waals surface area contributed by atoms with Gasteiger partial charge >= 0.3 is 5.97 Å². The summed E-state index contributed by atoms with van der Waals surface area (Å²) in [6.07, 6.45) is 2.50. The molecule has 0 aliphatic heterocycles. The largest absolute Gasteiger partial charge is 0.477 e. The van der Waals surface area contributed by atoms with Crippen molar-refractivity contribution in [1.82, 2.24) is 10.3 Å². The molecule has 0 spiro atoms. The number of carbonyl (C=O) groups excluding carboxylic acids is 1. The molecule has 1 aliphatic rings. The van der Waals surface area contributed by atoms with Crippen LogP contribution in [0.15, 0.2) is 24.3 Å². The number of hydrogen-bond acceptors (Lipinski definition) is 4. The second-order valence-electron chi connectivity index (χ2n) is 5.74. The van der Waals surface area contributed by atoms with Gasteiger partial charge in [0.1, 0.15) is 9.88 Å². The quantitative estimate of drug-likeness (QED) is 0.883. The number of carboxylic acids is 1. The summed E-state index contributed by atoms with van der Waals surface area (Å²) < 4.78 is 0. The van der Waals surface area contributed by atoms with Crippen LogP contribution in [0.5, 0.6) is 0 Å². The van der Waals surface area contributed by atoms with E-state index in [-0.39, 0.29) is 23.2 Å². The van der Waals surface area contributed by atoms with Gasteiger partial charge in [0.15, 0.2) is 0 Å². The molecular weight excluding hydrogens is 312 g/mol. The number of hydrogen-bond donors (Lipinski definition) is 2. The van der Waals surface area contributed by atoms with Crippen LogP contribution >= 0.6 is 11.3 Å². The minimum absolute atomic E-state index is 0.0172. The fourth-order valence-electron chi connectivity index (χ4n) is 3.05. The van der Waals surface area contributed by atoms with Gasteiger partial charge in [0, 0.05) is 6.42 Å². The number of aromatic nitrogens is 1. The molecular formula is C17H18N2O3S. The van der Waals surface area contributed by atoms with Crippen LogP contribution in [0.4, 0.5) is 0 Å². The third kappa shape index (κ3) is 3.42. The van der Waals surface area contributed by atoms with Crippen molar-refractivity contribution < 1.29 is 14.7 Å². The Balaban J connectivity index is 1.57. The molecule has 0 radical (unpaired) electrons. The summed E-state index contributed by atoms with van der Waals surface area (Å²) in [5.74, 6) is -0.713. The van der Waals surface area contributed by atoms with Crippen LogP contribution in [0, 0.1) is 6.92 Å². The molecule has 2 N–H and O–H groups in total. The van der Waals surface area contributed by atoms with Crippen molar-refractivity contribution >= 4 is 23.2 Å². The number of amides is 1. The van der Waals surface area contributed by atoms with Crippen molar-refractivity contribution in [1.29, 1.82) is 0 Å². The Bertz CT molecular complexity index is 754. The maximum Gasteiger partial charge on any atom is 0.347 e. The van der Waals surface area contributed by atoms with Crippen molar-refractivity contribution in [3.05, 3.63) is 51.0 Å². The molecule has 2 aromatic rings. The Morgan fingerprint density at radius 1 is 1.39 bits per heavy atom. The maximum atomic E-state index is 12.2. The topological polar surface area (TPSA) is 79.3 Å². The van der Waals surface area contributed by atoms with Crippen LogP contribution in [0.3, 0.4) is 0 Å². The van der Waals surface area contributed by atoms with Gasteiger partial charge in [-0.15, -0.1) is 11.3 Å². The SMILES string of the molecule is Cc1nc(CNC(=O)CC2CCc3ccccc32)sc1C(=O)O. The van der Waals surface area contributed by atoms with Crippen molar-refractivity contribution in [2.45, 2.75) is 38.6 Å². The fraction of sp³-hybridized carbons (Fsp3) is 0.353. The number of benzene rings is 1. The molecule has 1 atom stereocenters. The van der Waals surface area contributed by atoms with E-state index in [2.05, 4.69) is 22.4 Å². The predicted octanol–water partition coefficient (Wildman–Crippen LogP) is 2.89. The molecule has 120 valence electrons. The normalized spacial score (nSPS) is 16.1. The summed E-state index contributed by atoms with van der Waals surface area (Å²) in [6, 6.07) is 8.27. The van der Waals surface area contributed by atoms with Gasteiger partial charge in [0.25, 0.3) is 0 Å². The molecule has 0 bridgehead atoms. The third-order valence-corrected chi connectivity index (χ3v) is 5.31. The van der Waals surface area contributed by atoms with Gasteiger partial charge in [-0.1, -0.05) is 24.3 Å². The van der Waals surface area contributed by atoms with Gasteiger partial charge in [-0.2, -0.15) is 0 Å². The van der Waals surface area contributed by atoms with E-state index in [1.807, 2.05) is 12.1 Å². The number of nitrogens with one attached hydrogen (secondary N) is 1. The summed E-state index contributed by atoms with van der Waals surface area (Å²) in [5, 5.41) is 12.5. The highest BCUT2D eigenvalue weighted by molar-refractivity contribution is 7.13. The molecule has 1 unspecified atom stereocenters. The molecule has 0 saturated heterocycles. The first kappa shape index (κ1) is 15.7. The van der Waals surface area contributed by atoms with Crippen molar-refractivity contribution in [2.75, 3.05) is 0 Å². The number of fused-ring (bicyclic) bond motifs is 1. The summed E-state index contributed by atoms with van der Waals surface area (Å²) >= 11 is 1.12. The lowest BCUT2D eigenvalue weighted by Crippen LogP contribution is -2.24. The molecule has 0 saturated carbocycles. The summed E-state index contributed by atoms with van der Waals surface area (Å²) in [7, 11) is 0. The average molecular weight is 330 g/mol. The zero-order chi connectivity index (χ0) is 16.4. The predicted molar refractivity (Wildman–Crippen MR) is 87.8 cm³/mol. The second kappa shape index (κ2) is 6.50. The van der Waals surface area contributed by atoms with Crippen LogP contribution < -0.4 is 5.32 Å². The van der Waals surface area contributed by atoms with Crippen molar-refractivity contribution in [3.63, 3.8) is 0 Å². The van der Waals surface area contributed by atoms with Gasteiger partial charge in [-0.3, -0.25) is 4.79 Å². The standard InChI is InChI=1S/C17H18N2O3S/c1-10-16(17(21)22)23-15(19-10)9-18-14(20)8-12-7-6-11-4-2-3-5-13(11)12/h2-5,12H,6-9H2,1H3,(H,18,20)(H,21,22). The number of aryl methyl sites for hydroxylation is 2. The molecule has 3 rings (SSSR count). The van der Waals surface area contributed by atoms with Crippen molar-refractivity contribution in [2.24, 2.45) is 0 Å². The first-order valence-electron chi connectivity index (χ1n) is 7.58. The number of thiazole rings is 1. The van der Waals surface area contributed by atoms with Crippen LogP contribution in [0.1, 0.15) is 50.3 Å². The lowest BCUT2D eigenvalue weighted by Gasteiger charge is -2.11. The van der Waals surface area contributed by atoms with Gasteiger partial charge in [0.2, 0.25) is 5.91 Å². The third-order valence-electron chi connectivity index (χ3n) is 4.16. The lowest BCUT2D eigenvalue weighted by atomic mass is 9.97. The number of nitrogens with zero attached hydrogens (tertiary/aromatic N) is 1. The molecule has 5 nitrogen and oxygen atoms in total. The van der Waals surface area contributed by atoms with Crippen molar-refractivity contribution in [3.8, 4) is 0 Å². The van der Waals surface area contributed by atoms with E-state index in [0.717, 1.165) is 24.2 Å². The zero-order valence-corrected chi connectivity index (χ0v) is 13.7. The van der Waals surface area contributed by atoms with Crippen LogP contribution in [0.25, 0.3) is 0 Å². The Hall–Kier alpha value is -2.21. The Kier molecular flexibility index (Phi) is 4.43. The number of aromatic carboxylic acids is 1. The maximum absolute atomic E-state index is 12.2. The van der Waals surface area contributed by atoms with E-state index in [1.165, 1.54) is 11.1 Å².